The third kappa shape index (κ3) is 3.17. The molecule has 2 rings (SSSR count). The number of fused-ring (bicyclic) bond motifs is 1. The number of hydrogen-bond acceptors (Lipinski definition) is 3. The minimum Gasteiger partial charge on any atom is -0.495 e. The van der Waals surface area contributed by atoms with Crippen molar-refractivity contribution in [2.45, 2.75) is 38.5 Å². The van der Waals surface area contributed by atoms with Crippen molar-refractivity contribution in [2.75, 3.05) is 7.11 Å². The van der Waals surface area contributed by atoms with Crippen molar-refractivity contribution >= 4 is 23.6 Å². The van der Waals surface area contributed by atoms with Crippen LogP contribution in [-0.4, -0.2) is 30.5 Å². The zero-order valence-electron chi connectivity index (χ0n) is 13.4. The van der Waals surface area contributed by atoms with Crippen molar-refractivity contribution in [3.63, 3.8) is 0 Å². The smallest absolute Gasteiger partial charge is 0.430 e. The van der Waals surface area contributed by atoms with Gasteiger partial charge in [0.05, 0.1) is 17.7 Å². The highest BCUT2D eigenvalue weighted by Crippen LogP contribution is 2.47. The summed E-state index contributed by atoms with van der Waals surface area (Å²) in [7, 11) is 1.38. The Labute approximate surface area is 141 Å². The fourth-order valence-corrected chi connectivity index (χ4v) is 2.78. The molecule has 1 aromatic rings. The second kappa shape index (κ2) is 5.88. The summed E-state index contributed by atoms with van der Waals surface area (Å²) in [5.74, 6) is -1.58. The molecule has 24 heavy (non-hydrogen) atoms. The fraction of sp³-hybridized carbons (Fsp3) is 0.438. The molecule has 1 unspecified atom stereocenters. The molecule has 1 N–H and O–H groups in total. The van der Waals surface area contributed by atoms with Gasteiger partial charge >= 0.3 is 12.1 Å². The number of carboxylic acids is 1. The van der Waals surface area contributed by atoms with Crippen molar-refractivity contribution < 1.29 is 32.5 Å². The first-order valence-electron chi connectivity index (χ1n) is 6.97. The Bertz CT molecular complexity index is 718. The van der Waals surface area contributed by atoms with E-state index in [0.717, 1.165) is 6.08 Å². The van der Waals surface area contributed by atoms with Crippen molar-refractivity contribution in [3.8, 4) is 11.5 Å². The Morgan fingerprint density at radius 2 is 1.92 bits per heavy atom. The van der Waals surface area contributed by atoms with E-state index in [1.165, 1.54) is 13.2 Å². The number of rotatable bonds is 2. The van der Waals surface area contributed by atoms with Crippen LogP contribution in [0.25, 0.3) is 6.08 Å². The first kappa shape index (κ1) is 18.4. The maximum atomic E-state index is 13.1. The highest BCUT2D eigenvalue weighted by molar-refractivity contribution is 6.34. The Hall–Kier alpha value is -1.89. The van der Waals surface area contributed by atoms with Gasteiger partial charge in [-0.15, -0.1) is 0 Å². The number of carboxylic acid groups (broad SMARTS) is 1. The van der Waals surface area contributed by atoms with Gasteiger partial charge in [0.2, 0.25) is 6.10 Å². The van der Waals surface area contributed by atoms with Gasteiger partial charge in [0, 0.05) is 11.1 Å². The van der Waals surface area contributed by atoms with E-state index in [1.54, 1.807) is 0 Å². The van der Waals surface area contributed by atoms with Gasteiger partial charge in [0.25, 0.3) is 0 Å². The van der Waals surface area contributed by atoms with Gasteiger partial charge in [-0.25, -0.2) is 4.79 Å². The summed E-state index contributed by atoms with van der Waals surface area (Å²) in [6.45, 7) is 5.53. The Balaban J connectivity index is 2.75. The van der Waals surface area contributed by atoms with Crippen molar-refractivity contribution in [1.82, 2.24) is 0 Å². The minimum absolute atomic E-state index is 0.0132. The number of halogens is 4. The summed E-state index contributed by atoms with van der Waals surface area (Å²) in [5, 5.41) is 9.09. The third-order valence-corrected chi connectivity index (χ3v) is 3.98. The number of alkyl halides is 3. The number of methoxy groups -OCH3 is 1. The summed E-state index contributed by atoms with van der Waals surface area (Å²) >= 11 is 6.25. The average Bonchev–Trinajstić information content (AvgIpc) is 2.43. The summed E-state index contributed by atoms with van der Waals surface area (Å²) < 4.78 is 49.7. The van der Waals surface area contributed by atoms with Gasteiger partial charge in [-0.3, -0.25) is 0 Å². The van der Waals surface area contributed by atoms with Gasteiger partial charge in [-0.05, 0) is 17.6 Å². The summed E-state index contributed by atoms with van der Waals surface area (Å²) in [4.78, 5) is 11.2. The standard InChI is InChI=1S/C16H16ClF3O4/c1-15(2,3)9-6-10-7(11(17)12(9)23-4)5-8(14(21)22)13(24-10)16(18,19)20/h5-6,13H,1-4H3,(H,21,22). The minimum atomic E-state index is -4.86. The Kier molecular flexibility index (Phi) is 4.52. The van der Waals surface area contributed by atoms with E-state index in [0.29, 0.717) is 5.56 Å². The van der Waals surface area contributed by atoms with Crippen LogP contribution in [0.2, 0.25) is 5.02 Å². The second-order valence-electron chi connectivity index (χ2n) is 6.38. The molecule has 0 saturated heterocycles. The molecule has 0 aliphatic carbocycles. The van der Waals surface area contributed by atoms with Crippen LogP contribution < -0.4 is 9.47 Å². The zero-order valence-corrected chi connectivity index (χ0v) is 14.2. The number of ether oxygens (including phenoxy) is 2. The zero-order chi connectivity index (χ0) is 18.4. The molecule has 0 spiro atoms. The average molecular weight is 365 g/mol. The van der Waals surface area contributed by atoms with Crippen LogP contribution in [0, 0.1) is 0 Å². The molecule has 1 atom stereocenters. The van der Waals surface area contributed by atoms with Crippen LogP contribution in [-0.2, 0) is 10.2 Å². The fourth-order valence-electron chi connectivity index (χ4n) is 2.45. The van der Waals surface area contributed by atoms with E-state index in [9.17, 15) is 18.0 Å². The predicted molar refractivity (Wildman–Crippen MR) is 82.8 cm³/mol. The molecule has 0 aromatic heterocycles. The Morgan fingerprint density at radius 1 is 1.33 bits per heavy atom. The molecule has 1 aliphatic rings. The van der Waals surface area contributed by atoms with Crippen LogP contribution in [0.15, 0.2) is 11.6 Å². The normalized spacial score (nSPS) is 17.7. The summed E-state index contributed by atoms with van der Waals surface area (Å²) in [6, 6.07) is 1.41. The monoisotopic (exact) mass is 364 g/mol. The molecule has 0 saturated carbocycles. The van der Waals surface area contributed by atoms with E-state index in [1.807, 2.05) is 20.8 Å². The lowest BCUT2D eigenvalue weighted by Gasteiger charge is -2.30. The number of hydrogen-bond donors (Lipinski definition) is 1. The second-order valence-corrected chi connectivity index (χ2v) is 6.76. The van der Waals surface area contributed by atoms with Crippen LogP contribution >= 0.6 is 11.6 Å². The summed E-state index contributed by atoms with van der Waals surface area (Å²) in [6.07, 6.45) is -6.54. The van der Waals surface area contributed by atoms with Crippen LogP contribution in [0.1, 0.15) is 31.9 Å². The summed E-state index contributed by atoms with van der Waals surface area (Å²) in [5.41, 5.74) is -0.790. The molecule has 8 heteroatoms. The van der Waals surface area contributed by atoms with Crippen LogP contribution in [0.4, 0.5) is 13.2 Å². The SMILES string of the molecule is COc1c(C(C)(C)C)cc2c(c1Cl)C=C(C(=O)O)C(C(F)(F)F)O2. The van der Waals surface area contributed by atoms with Gasteiger partial charge in [0.1, 0.15) is 11.5 Å². The number of benzene rings is 1. The molecular formula is C16H16ClF3O4. The van der Waals surface area contributed by atoms with Crippen molar-refractivity contribution in [2.24, 2.45) is 0 Å². The van der Waals surface area contributed by atoms with Gasteiger partial charge < -0.3 is 14.6 Å². The maximum Gasteiger partial charge on any atom is 0.430 e. The van der Waals surface area contributed by atoms with Crippen molar-refractivity contribution in [1.29, 1.82) is 0 Å². The van der Waals surface area contributed by atoms with E-state index >= 15 is 0 Å². The predicted octanol–water partition coefficient (Wildman–Crippen LogP) is 4.44. The molecule has 0 bridgehead atoms. The molecule has 1 aromatic carbocycles. The third-order valence-electron chi connectivity index (χ3n) is 3.60. The van der Waals surface area contributed by atoms with E-state index in [-0.39, 0.29) is 22.1 Å². The topological polar surface area (TPSA) is 55.8 Å². The maximum absolute atomic E-state index is 13.1. The molecule has 4 nitrogen and oxygen atoms in total. The lowest BCUT2D eigenvalue weighted by Crippen LogP contribution is -2.40. The molecule has 1 heterocycles. The lowest BCUT2D eigenvalue weighted by molar-refractivity contribution is -0.187. The van der Waals surface area contributed by atoms with Crippen molar-refractivity contribution in [3.05, 3.63) is 27.8 Å². The molecule has 0 radical (unpaired) electrons. The van der Waals surface area contributed by atoms with Gasteiger partial charge in [-0.1, -0.05) is 32.4 Å². The van der Waals surface area contributed by atoms with Crippen LogP contribution in [0.5, 0.6) is 11.5 Å². The van der Waals surface area contributed by atoms with E-state index in [4.69, 9.17) is 26.2 Å². The highest BCUT2D eigenvalue weighted by Gasteiger charge is 2.49. The lowest BCUT2D eigenvalue weighted by atomic mass is 9.84. The molecule has 0 fully saturated rings. The number of aliphatic carboxylic acids is 1. The van der Waals surface area contributed by atoms with Gasteiger partial charge in [-0.2, -0.15) is 13.2 Å². The largest absolute Gasteiger partial charge is 0.495 e. The molecular weight excluding hydrogens is 349 g/mol. The van der Waals surface area contributed by atoms with Crippen LogP contribution in [0.3, 0.4) is 0 Å². The molecule has 132 valence electrons. The highest BCUT2D eigenvalue weighted by atomic mass is 35.5. The van der Waals surface area contributed by atoms with Gasteiger partial charge in [0.15, 0.2) is 0 Å². The molecule has 0 amide bonds. The quantitative estimate of drug-likeness (QED) is 0.843. The first-order valence-corrected chi connectivity index (χ1v) is 7.35. The van der Waals surface area contributed by atoms with E-state index < -0.39 is 29.2 Å². The Morgan fingerprint density at radius 3 is 2.33 bits per heavy atom. The number of carbonyl (C=O) groups is 1. The van der Waals surface area contributed by atoms with E-state index in [2.05, 4.69) is 0 Å². The first-order chi connectivity index (χ1) is 10.9. The molecule has 1 aliphatic heterocycles.